The standard InChI is InChI=1S/C23H19ClFN3O2S/c1-14(17-5-3-4-6-20(17)25)28-23-18-11-15(7-9-21(18)26-13-19(23)24)16-8-10-22(27-12-16)31(2,29)30/h3-14H,1-2H3,(H,26,28). The molecule has 0 amide bonds. The molecule has 1 unspecified atom stereocenters. The van der Waals surface area contributed by atoms with E-state index >= 15 is 0 Å². The molecule has 2 heterocycles. The van der Waals surface area contributed by atoms with Gasteiger partial charge >= 0.3 is 0 Å². The Hall–Kier alpha value is -3.03. The van der Waals surface area contributed by atoms with Gasteiger partial charge in [-0.05, 0) is 42.8 Å². The second-order valence-electron chi connectivity index (χ2n) is 7.26. The van der Waals surface area contributed by atoms with Gasteiger partial charge in [-0.1, -0.05) is 35.9 Å². The van der Waals surface area contributed by atoms with Crippen LogP contribution in [0.1, 0.15) is 18.5 Å². The average Bonchev–Trinajstić information content (AvgIpc) is 2.75. The molecule has 1 N–H and O–H groups in total. The van der Waals surface area contributed by atoms with Crippen molar-refractivity contribution in [1.82, 2.24) is 9.97 Å². The zero-order valence-corrected chi connectivity index (χ0v) is 18.4. The van der Waals surface area contributed by atoms with E-state index in [2.05, 4.69) is 15.3 Å². The highest BCUT2D eigenvalue weighted by molar-refractivity contribution is 7.90. The lowest BCUT2D eigenvalue weighted by Crippen LogP contribution is -2.09. The minimum atomic E-state index is -3.37. The van der Waals surface area contributed by atoms with E-state index in [1.54, 1.807) is 30.5 Å². The summed E-state index contributed by atoms with van der Waals surface area (Å²) in [7, 11) is -3.37. The fraction of sp³-hybridized carbons (Fsp3) is 0.130. The molecular weight excluding hydrogens is 437 g/mol. The van der Waals surface area contributed by atoms with Gasteiger partial charge in [0.1, 0.15) is 5.82 Å². The quantitative estimate of drug-likeness (QED) is 0.420. The minimum absolute atomic E-state index is 0.0165. The van der Waals surface area contributed by atoms with Crippen molar-refractivity contribution in [3.8, 4) is 11.1 Å². The van der Waals surface area contributed by atoms with Crippen LogP contribution in [0.5, 0.6) is 0 Å². The fourth-order valence-electron chi connectivity index (χ4n) is 3.39. The Kier molecular flexibility index (Phi) is 5.64. The number of aromatic nitrogens is 2. The van der Waals surface area contributed by atoms with E-state index in [4.69, 9.17) is 11.6 Å². The third-order valence-electron chi connectivity index (χ3n) is 5.00. The van der Waals surface area contributed by atoms with Crippen molar-refractivity contribution in [2.75, 3.05) is 11.6 Å². The normalized spacial score (nSPS) is 12.6. The molecule has 2 aromatic carbocycles. The first-order valence-corrected chi connectivity index (χ1v) is 11.8. The number of hydrogen-bond acceptors (Lipinski definition) is 5. The molecule has 1 atom stereocenters. The Bertz CT molecular complexity index is 1380. The van der Waals surface area contributed by atoms with Crippen molar-refractivity contribution < 1.29 is 12.8 Å². The molecule has 0 radical (unpaired) electrons. The molecule has 0 aliphatic carbocycles. The van der Waals surface area contributed by atoms with Gasteiger partial charge in [-0.2, -0.15) is 0 Å². The highest BCUT2D eigenvalue weighted by Gasteiger charge is 2.15. The lowest BCUT2D eigenvalue weighted by atomic mass is 10.0. The summed E-state index contributed by atoms with van der Waals surface area (Å²) in [4.78, 5) is 8.44. The van der Waals surface area contributed by atoms with Crippen LogP contribution in [-0.4, -0.2) is 24.6 Å². The smallest absolute Gasteiger partial charge is 0.192 e. The number of benzene rings is 2. The highest BCUT2D eigenvalue weighted by Crippen LogP contribution is 2.35. The van der Waals surface area contributed by atoms with Gasteiger partial charge in [-0.3, -0.25) is 4.98 Å². The van der Waals surface area contributed by atoms with Crippen LogP contribution in [0.4, 0.5) is 10.1 Å². The van der Waals surface area contributed by atoms with Crippen LogP contribution in [0.3, 0.4) is 0 Å². The maximum atomic E-state index is 14.2. The number of nitrogens with zero attached hydrogens (tertiary/aromatic N) is 2. The maximum absolute atomic E-state index is 14.2. The van der Waals surface area contributed by atoms with Gasteiger partial charge in [-0.25, -0.2) is 17.8 Å². The van der Waals surface area contributed by atoms with Crippen LogP contribution in [0.15, 0.2) is 72.0 Å². The first-order chi connectivity index (χ1) is 14.7. The molecule has 0 bridgehead atoms. The van der Waals surface area contributed by atoms with Crippen molar-refractivity contribution in [2.45, 2.75) is 18.0 Å². The molecule has 0 spiro atoms. The molecule has 0 aliphatic heterocycles. The summed E-state index contributed by atoms with van der Waals surface area (Å²) in [6.45, 7) is 1.86. The molecule has 0 fully saturated rings. The lowest BCUT2D eigenvalue weighted by Gasteiger charge is -2.19. The topological polar surface area (TPSA) is 72.0 Å². The summed E-state index contributed by atoms with van der Waals surface area (Å²) in [5.74, 6) is -0.297. The summed E-state index contributed by atoms with van der Waals surface area (Å²) >= 11 is 6.45. The second-order valence-corrected chi connectivity index (χ2v) is 9.63. The monoisotopic (exact) mass is 455 g/mol. The molecule has 158 valence electrons. The summed E-state index contributed by atoms with van der Waals surface area (Å²) in [6, 6.07) is 15.1. The number of anilines is 1. The van der Waals surface area contributed by atoms with E-state index in [0.29, 0.717) is 16.3 Å². The number of rotatable bonds is 5. The summed E-state index contributed by atoms with van der Waals surface area (Å²) < 4.78 is 37.5. The van der Waals surface area contributed by atoms with Crippen LogP contribution in [0.2, 0.25) is 5.02 Å². The molecule has 8 heteroatoms. The van der Waals surface area contributed by atoms with E-state index < -0.39 is 9.84 Å². The highest BCUT2D eigenvalue weighted by atomic mass is 35.5. The minimum Gasteiger partial charge on any atom is -0.377 e. The number of halogens is 2. The van der Waals surface area contributed by atoms with Gasteiger partial charge < -0.3 is 5.32 Å². The van der Waals surface area contributed by atoms with Crippen molar-refractivity contribution in [3.05, 3.63) is 83.4 Å². The maximum Gasteiger partial charge on any atom is 0.192 e. The van der Waals surface area contributed by atoms with Crippen LogP contribution >= 0.6 is 11.6 Å². The Morgan fingerprint density at radius 1 is 1.00 bits per heavy atom. The first-order valence-electron chi connectivity index (χ1n) is 9.50. The Morgan fingerprint density at radius 3 is 2.42 bits per heavy atom. The van der Waals surface area contributed by atoms with Crippen LogP contribution in [0.25, 0.3) is 22.0 Å². The van der Waals surface area contributed by atoms with Gasteiger partial charge in [0, 0.05) is 35.2 Å². The number of sulfone groups is 1. The fourth-order valence-corrected chi connectivity index (χ4v) is 4.15. The molecule has 0 aliphatic rings. The Balaban J connectivity index is 1.76. The summed E-state index contributed by atoms with van der Waals surface area (Å²) in [5.41, 5.74) is 3.47. The van der Waals surface area contributed by atoms with Gasteiger partial charge in [0.2, 0.25) is 0 Å². The van der Waals surface area contributed by atoms with E-state index in [1.807, 2.05) is 25.1 Å². The largest absolute Gasteiger partial charge is 0.377 e. The Morgan fingerprint density at radius 2 is 1.74 bits per heavy atom. The molecule has 0 saturated carbocycles. The SMILES string of the molecule is CC(Nc1c(Cl)cnc2ccc(-c3ccc(S(C)(=O)=O)nc3)cc12)c1ccccc1F. The predicted molar refractivity (Wildman–Crippen MR) is 122 cm³/mol. The molecule has 31 heavy (non-hydrogen) atoms. The lowest BCUT2D eigenvalue weighted by molar-refractivity contribution is 0.598. The molecule has 0 saturated heterocycles. The van der Waals surface area contributed by atoms with Gasteiger partial charge in [0.15, 0.2) is 14.9 Å². The van der Waals surface area contributed by atoms with Gasteiger partial charge in [-0.15, -0.1) is 0 Å². The van der Waals surface area contributed by atoms with E-state index in [-0.39, 0.29) is 16.9 Å². The number of pyridine rings is 2. The van der Waals surface area contributed by atoms with Gasteiger partial charge in [0.05, 0.1) is 22.3 Å². The van der Waals surface area contributed by atoms with E-state index in [0.717, 1.165) is 28.3 Å². The van der Waals surface area contributed by atoms with Crippen molar-refractivity contribution in [1.29, 1.82) is 0 Å². The van der Waals surface area contributed by atoms with E-state index in [9.17, 15) is 12.8 Å². The van der Waals surface area contributed by atoms with Crippen LogP contribution in [0, 0.1) is 5.82 Å². The molecule has 4 rings (SSSR count). The number of hydrogen-bond donors (Lipinski definition) is 1. The number of fused-ring (bicyclic) bond motifs is 1. The second kappa shape index (κ2) is 8.24. The first kappa shape index (κ1) is 21.2. The zero-order valence-electron chi connectivity index (χ0n) is 16.8. The zero-order chi connectivity index (χ0) is 22.2. The van der Waals surface area contributed by atoms with Crippen LogP contribution < -0.4 is 5.32 Å². The molecular formula is C23H19ClFN3O2S. The van der Waals surface area contributed by atoms with Crippen LogP contribution in [-0.2, 0) is 9.84 Å². The van der Waals surface area contributed by atoms with Crippen molar-refractivity contribution >= 4 is 38.0 Å². The molecule has 2 aromatic heterocycles. The summed E-state index contributed by atoms with van der Waals surface area (Å²) in [5, 5.41) is 4.51. The molecule has 4 aromatic rings. The third kappa shape index (κ3) is 4.38. The number of nitrogens with one attached hydrogen (secondary N) is 1. The molecule has 5 nitrogen and oxygen atoms in total. The van der Waals surface area contributed by atoms with Gasteiger partial charge in [0.25, 0.3) is 0 Å². The van der Waals surface area contributed by atoms with Crippen molar-refractivity contribution in [2.24, 2.45) is 0 Å². The summed E-state index contributed by atoms with van der Waals surface area (Å²) in [6.07, 6.45) is 4.19. The third-order valence-corrected chi connectivity index (χ3v) is 6.29. The average molecular weight is 456 g/mol. The van der Waals surface area contributed by atoms with E-state index in [1.165, 1.54) is 18.3 Å². The predicted octanol–water partition coefficient (Wildman–Crippen LogP) is 5.67. The van der Waals surface area contributed by atoms with Crippen molar-refractivity contribution in [3.63, 3.8) is 0 Å². The Labute approximate surface area is 184 Å².